The molecule has 9 rings (SSSR count). The smallest absolute Gasteiger partial charge is 0.0704 e. The van der Waals surface area contributed by atoms with Crippen molar-refractivity contribution in [3.63, 3.8) is 0 Å². The topological polar surface area (TPSA) is 80.3 Å². The maximum absolute atomic E-state index is 10.1. The molecule has 2 aromatic heterocycles. The van der Waals surface area contributed by atoms with Gasteiger partial charge in [-0.3, -0.25) is 0 Å². The standard InChI is InChI=1S/C48H38N4.C4H6O2.Os/c1-29-5-13-33(14-6-29)45-37-21-23-39(49-37)46(34-15-7-30(2)8-16-34)41-25-27-43(51-41)48(36-19-11-32(4)12-20-36)44-28-26-42(52-44)47(40-24-22-38(45)50-40)35-17-9-31(3)10-18-35;1-3-6-4(2)5;/h5-25,27H,26,28H2,1-4H3;2H,3H2,1H3;/q-2;;. The molecule has 6 aromatic rings. The first-order chi connectivity index (χ1) is 28.7. The van der Waals surface area contributed by atoms with Gasteiger partial charge in [0.15, 0.2) is 0 Å². The normalized spacial score (nSPS) is 12.1. The molecule has 0 radical (unpaired) electrons. The van der Waals surface area contributed by atoms with Gasteiger partial charge in [-0.25, -0.2) is 9.97 Å². The molecular formula is C52H44N4O2Os-2. The third-order valence-electron chi connectivity index (χ3n) is 10.6. The van der Waals surface area contributed by atoms with E-state index in [9.17, 15) is 4.79 Å². The van der Waals surface area contributed by atoms with Crippen molar-refractivity contribution in [3.05, 3.63) is 166 Å². The van der Waals surface area contributed by atoms with E-state index in [4.69, 9.17) is 19.9 Å². The molecule has 7 heteroatoms. The number of hydrogen-bond acceptors (Lipinski definition) is 4. The minimum Gasteiger partial charge on any atom is -0.664 e. The van der Waals surface area contributed by atoms with Crippen molar-refractivity contribution < 1.29 is 27.7 Å². The van der Waals surface area contributed by atoms with Gasteiger partial charge in [0.05, 0.1) is 22.8 Å². The number of aryl methyl sites for hydroxylation is 6. The second-order valence-corrected chi connectivity index (χ2v) is 15.7. The number of hydrogen-bond donors (Lipinski definition) is 0. The SMILES string of the molecule is CCOC(=O)[CH]=[Os].Cc1ccc(-c2c3nc(c(-c4ccc(C)cc4)c4ccc([n-]4)c(-c4ccc(C)cc4)c4nc(c(-c5ccc(C)cc5)c5[n-]c2CC5)C=C4)C=C3)cc1. The van der Waals surface area contributed by atoms with Crippen LogP contribution >= 0.6 is 0 Å². The third-order valence-corrected chi connectivity index (χ3v) is 11.2. The summed E-state index contributed by atoms with van der Waals surface area (Å²) in [6, 6.07) is 39.1. The molecule has 4 aromatic carbocycles. The maximum Gasteiger partial charge on any atom is 0.0704 e. The molecule has 0 aliphatic carbocycles. The van der Waals surface area contributed by atoms with E-state index in [1.165, 1.54) is 45.0 Å². The first kappa shape index (κ1) is 39.5. The summed E-state index contributed by atoms with van der Waals surface area (Å²) in [4.78, 5) is 31.8. The Hall–Kier alpha value is -6.28. The molecule has 0 unspecified atom stereocenters. The van der Waals surface area contributed by atoms with Crippen LogP contribution < -0.4 is 9.97 Å². The number of aromatic nitrogens is 4. The van der Waals surface area contributed by atoms with E-state index in [-0.39, 0.29) is 5.97 Å². The number of ether oxygens (including phenoxy) is 1. The molecule has 8 bridgehead atoms. The average Bonchev–Trinajstić information content (AvgIpc) is 4.09. The molecule has 0 amide bonds. The quantitative estimate of drug-likeness (QED) is 0.155. The van der Waals surface area contributed by atoms with Crippen LogP contribution in [0.4, 0.5) is 0 Å². The summed E-state index contributed by atoms with van der Waals surface area (Å²) < 4.78 is 5.92. The summed E-state index contributed by atoms with van der Waals surface area (Å²) in [7, 11) is 0. The molecule has 3 aliphatic heterocycles. The van der Waals surface area contributed by atoms with Crippen LogP contribution in [0.5, 0.6) is 0 Å². The summed E-state index contributed by atoms with van der Waals surface area (Å²) in [5, 5.41) is 0. The molecule has 6 nitrogen and oxygen atoms in total. The van der Waals surface area contributed by atoms with Gasteiger partial charge in [0.25, 0.3) is 0 Å². The second-order valence-electron chi connectivity index (χ2n) is 15.0. The van der Waals surface area contributed by atoms with Crippen molar-refractivity contribution in [3.8, 4) is 44.5 Å². The van der Waals surface area contributed by atoms with E-state index < -0.39 is 0 Å². The first-order valence-electron chi connectivity index (χ1n) is 19.9. The molecule has 5 heterocycles. The Morgan fingerprint density at radius 2 is 0.847 bits per heavy atom. The second kappa shape index (κ2) is 17.3. The predicted octanol–water partition coefficient (Wildman–Crippen LogP) is 11.2. The summed E-state index contributed by atoms with van der Waals surface area (Å²) in [5.41, 5.74) is 20.9. The van der Waals surface area contributed by atoms with E-state index in [1.807, 2.05) is 0 Å². The Morgan fingerprint density at radius 3 is 1.15 bits per heavy atom. The van der Waals surface area contributed by atoms with Gasteiger partial charge in [-0.2, -0.15) is 0 Å². The molecule has 294 valence electrons. The van der Waals surface area contributed by atoms with Gasteiger partial charge < -0.3 is 9.97 Å². The van der Waals surface area contributed by atoms with Crippen molar-refractivity contribution in [1.82, 2.24) is 19.9 Å². The van der Waals surface area contributed by atoms with E-state index in [2.05, 4.69) is 166 Å². The Bertz CT molecular complexity index is 2640. The molecule has 0 spiro atoms. The molecule has 0 atom stereocenters. The monoisotopic (exact) mass is 948 g/mol. The largest absolute Gasteiger partial charge is 0.664 e. The van der Waals surface area contributed by atoms with Crippen molar-refractivity contribution in [1.29, 1.82) is 0 Å². The molecule has 0 fully saturated rings. The van der Waals surface area contributed by atoms with E-state index >= 15 is 0 Å². The van der Waals surface area contributed by atoms with E-state index in [0.717, 1.165) is 103 Å². The zero-order valence-corrected chi connectivity index (χ0v) is 36.4. The summed E-state index contributed by atoms with van der Waals surface area (Å²) in [5.74, 6) is -0.235. The summed E-state index contributed by atoms with van der Waals surface area (Å²) >= 11 is 1.48. The molecule has 3 aliphatic rings. The number of carbonyl (C=O) groups excluding carboxylic acids is 1. The Kier molecular flexibility index (Phi) is 11.6. The molecule has 0 N–H and O–H groups in total. The molecular weight excluding hydrogens is 903 g/mol. The van der Waals surface area contributed by atoms with Crippen LogP contribution in [0.25, 0.3) is 79.8 Å². The molecule has 59 heavy (non-hydrogen) atoms. The zero-order chi connectivity index (χ0) is 41.0. The van der Waals surface area contributed by atoms with Gasteiger partial charge in [-0.1, -0.05) is 131 Å². The van der Waals surface area contributed by atoms with Crippen LogP contribution in [0.1, 0.15) is 63.3 Å². The van der Waals surface area contributed by atoms with E-state index in [0.29, 0.717) is 6.61 Å². The average molecular weight is 947 g/mol. The van der Waals surface area contributed by atoms with Crippen LogP contribution in [-0.4, -0.2) is 27.1 Å². The minimum atomic E-state index is -0.235. The Labute approximate surface area is 355 Å². The Morgan fingerprint density at radius 1 is 0.525 bits per heavy atom. The van der Waals surface area contributed by atoms with Crippen molar-refractivity contribution in [2.75, 3.05) is 6.61 Å². The van der Waals surface area contributed by atoms with Gasteiger partial charge in [0, 0.05) is 0 Å². The third kappa shape index (κ3) is 8.49. The Balaban J connectivity index is 0.000000637. The van der Waals surface area contributed by atoms with Crippen molar-refractivity contribution in [2.24, 2.45) is 0 Å². The summed E-state index contributed by atoms with van der Waals surface area (Å²) in [6.45, 7) is 10.7. The maximum atomic E-state index is 10.1. The summed E-state index contributed by atoms with van der Waals surface area (Å²) in [6.07, 6.45) is 10.2. The minimum absolute atomic E-state index is 0.235. The number of rotatable bonds is 6. The van der Waals surface area contributed by atoms with Crippen LogP contribution in [-0.2, 0) is 40.5 Å². The molecule has 0 saturated heterocycles. The first-order valence-corrected chi connectivity index (χ1v) is 21.4. The predicted molar refractivity (Wildman–Crippen MR) is 239 cm³/mol. The number of benzene rings is 4. The van der Waals surface area contributed by atoms with Gasteiger partial charge in [0.1, 0.15) is 0 Å². The molecule has 0 saturated carbocycles. The van der Waals surface area contributed by atoms with Crippen molar-refractivity contribution >= 4 is 45.9 Å². The van der Waals surface area contributed by atoms with Crippen LogP contribution in [0, 0.1) is 27.7 Å². The van der Waals surface area contributed by atoms with Crippen LogP contribution in [0.3, 0.4) is 0 Å². The number of esters is 1. The number of fused-ring (bicyclic) bond motifs is 8. The number of carbonyl (C=O) groups is 1. The van der Waals surface area contributed by atoms with Crippen molar-refractivity contribution in [2.45, 2.75) is 47.5 Å². The zero-order valence-electron chi connectivity index (χ0n) is 33.9. The van der Waals surface area contributed by atoms with Gasteiger partial charge in [-0.05, 0) is 109 Å². The van der Waals surface area contributed by atoms with Gasteiger partial charge >= 0.3 is 51.7 Å². The van der Waals surface area contributed by atoms with Crippen LogP contribution in [0.2, 0.25) is 0 Å². The van der Waals surface area contributed by atoms with E-state index in [1.54, 1.807) is 6.92 Å². The van der Waals surface area contributed by atoms with Gasteiger partial charge in [-0.15, -0.1) is 22.4 Å². The van der Waals surface area contributed by atoms with Crippen LogP contribution in [0.15, 0.2) is 109 Å². The fourth-order valence-electron chi connectivity index (χ4n) is 7.63. The fraction of sp³-hybridized carbons (Fsp3) is 0.154. The fourth-order valence-corrected chi connectivity index (χ4v) is 7.84. The number of nitrogens with zero attached hydrogens (tertiary/aromatic N) is 4. The van der Waals surface area contributed by atoms with Gasteiger partial charge in [0.2, 0.25) is 0 Å².